The van der Waals surface area contributed by atoms with Crippen LogP contribution in [-0.2, 0) is 9.53 Å². The van der Waals surface area contributed by atoms with Gasteiger partial charge in [0.2, 0.25) is 0 Å². The van der Waals surface area contributed by atoms with Crippen LogP contribution in [0.1, 0.15) is 10.4 Å². The number of hydrogen-bond acceptors (Lipinski definition) is 6. The molecule has 0 radical (unpaired) electrons. The van der Waals surface area contributed by atoms with Crippen LogP contribution in [0.25, 0.3) is 0 Å². The molecule has 0 saturated carbocycles. The number of esters is 1. The summed E-state index contributed by atoms with van der Waals surface area (Å²) in [7, 11) is 0. The Kier molecular flexibility index (Phi) is 6.10. The molecule has 0 aliphatic carbocycles. The number of aromatic hydroxyl groups is 1. The molecule has 2 aromatic carbocycles. The summed E-state index contributed by atoms with van der Waals surface area (Å²) in [6, 6.07) is 7.98. The van der Waals surface area contributed by atoms with E-state index in [0.717, 1.165) is 0 Å². The number of carbonyl (C=O) groups is 2. The maximum atomic E-state index is 11.9. The summed E-state index contributed by atoms with van der Waals surface area (Å²) >= 11 is 6.27. The number of rotatable bonds is 5. The number of phenolic OH excluding ortho intramolecular Hbond substituents is 1. The Morgan fingerprint density at radius 2 is 1.84 bits per heavy atom. The molecule has 25 heavy (non-hydrogen) atoms. The SMILES string of the molecule is O=C(COC(=O)c1cccc(O)c1)Nc1c(Br)cc([N+](=O)[O-])cc1Br. The summed E-state index contributed by atoms with van der Waals surface area (Å²) in [5.41, 5.74) is 0.210. The van der Waals surface area contributed by atoms with Crippen molar-refractivity contribution in [2.45, 2.75) is 0 Å². The van der Waals surface area contributed by atoms with Gasteiger partial charge < -0.3 is 15.2 Å². The highest BCUT2D eigenvalue weighted by molar-refractivity contribution is 9.11. The Hall–Kier alpha value is -2.46. The van der Waals surface area contributed by atoms with E-state index >= 15 is 0 Å². The molecule has 0 spiro atoms. The van der Waals surface area contributed by atoms with E-state index in [1.807, 2.05) is 0 Å². The zero-order chi connectivity index (χ0) is 18.6. The van der Waals surface area contributed by atoms with Gasteiger partial charge in [0.05, 0.1) is 16.2 Å². The van der Waals surface area contributed by atoms with Gasteiger partial charge in [0.1, 0.15) is 5.75 Å². The lowest BCUT2D eigenvalue weighted by atomic mass is 10.2. The van der Waals surface area contributed by atoms with E-state index in [-0.39, 0.29) is 22.7 Å². The molecule has 2 aromatic rings. The van der Waals surface area contributed by atoms with E-state index < -0.39 is 23.4 Å². The van der Waals surface area contributed by atoms with Crippen molar-refractivity contribution in [2.75, 3.05) is 11.9 Å². The van der Waals surface area contributed by atoms with Crippen LogP contribution in [0, 0.1) is 10.1 Å². The quantitative estimate of drug-likeness (QED) is 0.389. The average Bonchev–Trinajstić information content (AvgIpc) is 2.55. The van der Waals surface area contributed by atoms with Crippen molar-refractivity contribution >= 4 is 55.1 Å². The lowest BCUT2D eigenvalue weighted by molar-refractivity contribution is -0.385. The first-order chi connectivity index (χ1) is 11.8. The van der Waals surface area contributed by atoms with Gasteiger partial charge >= 0.3 is 5.97 Å². The summed E-state index contributed by atoms with van der Waals surface area (Å²) in [5, 5.41) is 22.6. The van der Waals surface area contributed by atoms with Gasteiger partial charge in [-0.15, -0.1) is 0 Å². The zero-order valence-electron chi connectivity index (χ0n) is 12.4. The molecular formula is C15H10Br2N2O6. The van der Waals surface area contributed by atoms with Gasteiger partial charge in [0.15, 0.2) is 6.61 Å². The van der Waals surface area contributed by atoms with E-state index in [4.69, 9.17) is 4.74 Å². The maximum Gasteiger partial charge on any atom is 0.338 e. The number of hydrogen-bond donors (Lipinski definition) is 2. The van der Waals surface area contributed by atoms with Gasteiger partial charge in [0, 0.05) is 21.1 Å². The second-order valence-corrected chi connectivity index (χ2v) is 6.42. The van der Waals surface area contributed by atoms with Crippen molar-refractivity contribution < 1.29 is 24.4 Å². The number of nitrogens with one attached hydrogen (secondary N) is 1. The van der Waals surface area contributed by atoms with Crippen molar-refractivity contribution in [3.8, 4) is 5.75 Å². The highest BCUT2D eigenvalue weighted by atomic mass is 79.9. The minimum absolute atomic E-state index is 0.0994. The molecule has 2 rings (SSSR count). The Bertz CT molecular complexity index is 833. The summed E-state index contributed by atoms with van der Waals surface area (Å²) in [6.45, 7) is -0.565. The van der Waals surface area contributed by atoms with Crippen LogP contribution in [0.2, 0.25) is 0 Å². The number of phenols is 1. The lowest BCUT2D eigenvalue weighted by Gasteiger charge is -2.10. The number of anilines is 1. The van der Waals surface area contributed by atoms with Crippen molar-refractivity contribution in [1.82, 2.24) is 0 Å². The smallest absolute Gasteiger partial charge is 0.338 e. The number of amides is 1. The fraction of sp³-hybridized carbons (Fsp3) is 0.0667. The third-order valence-electron chi connectivity index (χ3n) is 2.92. The van der Waals surface area contributed by atoms with Crippen LogP contribution in [0.3, 0.4) is 0 Å². The van der Waals surface area contributed by atoms with Gasteiger partial charge in [-0.3, -0.25) is 14.9 Å². The van der Waals surface area contributed by atoms with Crippen molar-refractivity contribution in [1.29, 1.82) is 0 Å². The van der Waals surface area contributed by atoms with Gasteiger partial charge in [-0.1, -0.05) is 6.07 Å². The van der Waals surface area contributed by atoms with Crippen molar-refractivity contribution in [3.63, 3.8) is 0 Å². The first kappa shape index (κ1) is 18.9. The van der Waals surface area contributed by atoms with Gasteiger partial charge in [-0.2, -0.15) is 0 Å². The average molecular weight is 474 g/mol. The highest BCUT2D eigenvalue weighted by Crippen LogP contribution is 2.35. The molecule has 8 nitrogen and oxygen atoms in total. The van der Waals surface area contributed by atoms with E-state index in [1.54, 1.807) is 0 Å². The maximum absolute atomic E-state index is 11.9. The third-order valence-corrected chi connectivity index (χ3v) is 4.17. The van der Waals surface area contributed by atoms with Crippen LogP contribution < -0.4 is 5.32 Å². The molecule has 0 aromatic heterocycles. The van der Waals surface area contributed by atoms with Crippen LogP contribution in [-0.4, -0.2) is 28.5 Å². The molecule has 130 valence electrons. The number of nitro groups is 1. The molecule has 2 N–H and O–H groups in total. The predicted molar refractivity (Wildman–Crippen MR) is 95.5 cm³/mol. The normalized spacial score (nSPS) is 10.2. The summed E-state index contributed by atoms with van der Waals surface area (Å²) in [6.07, 6.45) is 0. The number of non-ortho nitro benzene ring substituents is 1. The molecule has 0 saturated heterocycles. The summed E-state index contributed by atoms with van der Waals surface area (Å²) in [5.74, 6) is -1.51. The molecule has 0 aliphatic rings. The predicted octanol–water partition coefficient (Wildman–Crippen LogP) is 3.62. The Balaban J connectivity index is 2.01. The highest BCUT2D eigenvalue weighted by Gasteiger charge is 2.17. The molecule has 0 unspecified atom stereocenters. The topological polar surface area (TPSA) is 119 Å². The van der Waals surface area contributed by atoms with Crippen molar-refractivity contribution in [2.24, 2.45) is 0 Å². The van der Waals surface area contributed by atoms with Crippen LogP contribution in [0.4, 0.5) is 11.4 Å². The fourth-order valence-corrected chi connectivity index (χ4v) is 3.17. The lowest BCUT2D eigenvalue weighted by Crippen LogP contribution is -2.21. The second-order valence-electron chi connectivity index (χ2n) is 4.72. The third kappa shape index (κ3) is 5.00. The first-order valence-electron chi connectivity index (χ1n) is 6.67. The van der Waals surface area contributed by atoms with E-state index in [1.165, 1.54) is 36.4 Å². The number of nitro benzene ring substituents is 1. The van der Waals surface area contributed by atoms with Crippen LogP contribution >= 0.6 is 31.9 Å². The molecule has 0 atom stereocenters. The summed E-state index contributed by atoms with van der Waals surface area (Å²) < 4.78 is 5.44. The molecule has 0 aliphatic heterocycles. The Labute approximate surface area is 158 Å². The Morgan fingerprint density at radius 1 is 1.20 bits per heavy atom. The van der Waals surface area contributed by atoms with Crippen LogP contribution in [0.5, 0.6) is 5.75 Å². The number of benzene rings is 2. The van der Waals surface area contributed by atoms with Crippen LogP contribution in [0.15, 0.2) is 45.3 Å². The number of halogens is 2. The molecule has 0 bridgehead atoms. The number of nitrogens with zero attached hydrogens (tertiary/aromatic N) is 1. The monoisotopic (exact) mass is 472 g/mol. The number of ether oxygens (including phenoxy) is 1. The molecule has 0 heterocycles. The zero-order valence-corrected chi connectivity index (χ0v) is 15.5. The summed E-state index contributed by atoms with van der Waals surface area (Å²) in [4.78, 5) is 33.9. The largest absolute Gasteiger partial charge is 0.508 e. The minimum atomic E-state index is -0.770. The van der Waals surface area contributed by atoms with E-state index in [2.05, 4.69) is 37.2 Å². The second kappa shape index (κ2) is 8.08. The van der Waals surface area contributed by atoms with Gasteiger partial charge in [-0.05, 0) is 50.1 Å². The standard InChI is InChI=1S/C15H10Br2N2O6/c16-11-5-9(19(23)24)6-12(17)14(11)18-13(21)7-25-15(22)8-2-1-3-10(20)4-8/h1-6,20H,7H2,(H,18,21). The van der Waals surface area contributed by atoms with Gasteiger partial charge in [0.25, 0.3) is 11.6 Å². The molecule has 1 amide bonds. The molecule has 10 heteroatoms. The fourth-order valence-electron chi connectivity index (χ4n) is 1.81. The van der Waals surface area contributed by atoms with E-state index in [9.17, 15) is 24.8 Å². The van der Waals surface area contributed by atoms with Gasteiger partial charge in [-0.25, -0.2) is 4.79 Å². The minimum Gasteiger partial charge on any atom is -0.508 e. The first-order valence-corrected chi connectivity index (χ1v) is 8.26. The molecule has 0 fully saturated rings. The Morgan fingerprint density at radius 3 is 2.40 bits per heavy atom. The number of carbonyl (C=O) groups excluding carboxylic acids is 2. The molecular weight excluding hydrogens is 464 g/mol. The van der Waals surface area contributed by atoms with E-state index in [0.29, 0.717) is 8.95 Å². The van der Waals surface area contributed by atoms with Crippen molar-refractivity contribution in [3.05, 3.63) is 61.0 Å².